The van der Waals surface area contributed by atoms with Crippen LogP contribution in [0.5, 0.6) is 0 Å². The number of aromatic nitrogens is 2. The van der Waals surface area contributed by atoms with Gasteiger partial charge in [-0.15, -0.1) is 0 Å². The van der Waals surface area contributed by atoms with Crippen LogP contribution in [-0.2, 0) is 11.3 Å². The van der Waals surface area contributed by atoms with Crippen molar-refractivity contribution in [3.05, 3.63) is 46.2 Å². The van der Waals surface area contributed by atoms with Crippen molar-refractivity contribution in [3.8, 4) is 0 Å². The number of amides is 1. The van der Waals surface area contributed by atoms with E-state index in [1.54, 1.807) is 36.3 Å². The summed E-state index contributed by atoms with van der Waals surface area (Å²) in [5, 5.41) is 11.2. The number of carbonyl (C=O) groups is 1. The molecular weight excluding hydrogens is 311 g/mol. The van der Waals surface area contributed by atoms with E-state index in [-0.39, 0.29) is 18.5 Å². The Kier molecular flexibility index (Phi) is 5.09. The number of halogens is 2. The molecule has 0 bridgehead atoms. The predicted molar refractivity (Wildman–Crippen MR) is 84.8 cm³/mol. The van der Waals surface area contributed by atoms with Gasteiger partial charge >= 0.3 is 0 Å². The van der Waals surface area contributed by atoms with Gasteiger partial charge in [0.15, 0.2) is 0 Å². The van der Waals surface area contributed by atoms with Gasteiger partial charge in [-0.3, -0.25) is 9.48 Å². The summed E-state index contributed by atoms with van der Waals surface area (Å²) >= 11 is 12.1. The molecule has 1 atom stereocenters. The molecule has 0 spiro atoms. The third kappa shape index (κ3) is 4.12. The van der Waals surface area contributed by atoms with Crippen LogP contribution in [0.25, 0.3) is 0 Å². The third-order valence-corrected chi connectivity index (χ3v) is 3.59. The van der Waals surface area contributed by atoms with Crippen molar-refractivity contribution in [1.82, 2.24) is 15.1 Å². The van der Waals surface area contributed by atoms with Crippen LogP contribution < -0.4 is 10.6 Å². The quantitative estimate of drug-likeness (QED) is 0.887. The Morgan fingerprint density at radius 2 is 2.19 bits per heavy atom. The fraction of sp³-hybridized carbons (Fsp3) is 0.286. The second-order valence-electron chi connectivity index (χ2n) is 4.63. The lowest BCUT2D eigenvalue weighted by Crippen LogP contribution is -2.23. The first-order valence-corrected chi connectivity index (χ1v) is 7.19. The van der Waals surface area contributed by atoms with E-state index in [0.717, 1.165) is 11.3 Å². The van der Waals surface area contributed by atoms with Gasteiger partial charge < -0.3 is 10.6 Å². The number of nitrogens with one attached hydrogen (secondary N) is 2. The number of anilines is 1. The van der Waals surface area contributed by atoms with E-state index in [1.165, 1.54) is 0 Å². The Balaban J connectivity index is 2.05. The number of hydrogen-bond acceptors (Lipinski definition) is 3. The molecule has 21 heavy (non-hydrogen) atoms. The molecule has 2 N–H and O–H groups in total. The van der Waals surface area contributed by atoms with Gasteiger partial charge in [0.25, 0.3) is 0 Å². The minimum Gasteiger partial charge on any atom is -0.376 e. The van der Waals surface area contributed by atoms with Crippen molar-refractivity contribution in [2.24, 2.45) is 0 Å². The molecule has 1 heterocycles. The SMILES string of the molecule is CNC(=O)Cn1cc(NC(C)c2ccc(Cl)cc2Cl)cn1. The van der Waals surface area contributed by atoms with E-state index < -0.39 is 0 Å². The lowest BCUT2D eigenvalue weighted by atomic mass is 10.1. The normalized spacial score (nSPS) is 12.0. The van der Waals surface area contributed by atoms with E-state index in [9.17, 15) is 4.79 Å². The molecule has 0 aliphatic carbocycles. The van der Waals surface area contributed by atoms with Crippen LogP contribution in [0.15, 0.2) is 30.6 Å². The third-order valence-electron chi connectivity index (χ3n) is 3.03. The van der Waals surface area contributed by atoms with Crippen LogP contribution in [0.3, 0.4) is 0 Å². The summed E-state index contributed by atoms with van der Waals surface area (Å²) in [6.07, 6.45) is 3.44. The van der Waals surface area contributed by atoms with E-state index >= 15 is 0 Å². The topological polar surface area (TPSA) is 59.0 Å². The molecule has 1 aromatic heterocycles. The lowest BCUT2D eigenvalue weighted by molar-refractivity contribution is -0.121. The minimum atomic E-state index is -0.0987. The maximum atomic E-state index is 11.3. The van der Waals surface area contributed by atoms with Gasteiger partial charge in [-0.05, 0) is 24.6 Å². The Bertz CT molecular complexity index is 642. The first-order chi connectivity index (χ1) is 9.99. The van der Waals surface area contributed by atoms with Crippen molar-refractivity contribution in [2.45, 2.75) is 19.5 Å². The van der Waals surface area contributed by atoms with E-state index in [2.05, 4.69) is 15.7 Å². The summed E-state index contributed by atoms with van der Waals surface area (Å²) in [6.45, 7) is 2.18. The molecule has 0 saturated heterocycles. The summed E-state index contributed by atoms with van der Waals surface area (Å²) in [6, 6.07) is 5.39. The molecule has 0 aliphatic rings. The second-order valence-corrected chi connectivity index (χ2v) is 5.48. The van der Waals surface area contributed by atoms with Crippen molar-refractivity contribution >= 4 is 34.8 Å². The van der Waals surface area contributed by atoms with Crippen LogP contribution in [-0.4, -0.2) is 22.7 Å². The maximum Gasteiger partial charge on any atom is 0.241 e. The number of likely N-dealkylation sites (N-methyl/N-ethyl adjacent to an activating group) is 1. The summed E-state index contributed by atoms with van der Waals surface area (Å²) in [5.41, 5.74) is 1.76. The fourth-order valence-electron chi connectivity index (χ4n) is 1.93. The Hall–Kier alpha value is -1.72. The van der Waals surface area contributed by atoms with Gasteiger partial charge in [0.05, 0.1) is 17.9 Å². The molecule has 112 valence electrons. The van der Waals surface area contributed by atoms with Crippen molar-refractivity contribution in [2.75, 3.05) is 12.4 Å². The Morgan fingerprint density at radius 1 is 1.43 bits per heavy atom. The highest BCUT2D eigenvalue weighted by molar-refractivity contribution is 6.35. The van der Waals surface area contributed by atoms with Gasteiger partial charge in [-0.25, -0.2) is 0 Å². The highest BCUT2D eigenvalue weighted by Gasteiger charge is 2.11. The zero-order chi connectivity index (χ0) is 15.4. The molecule has 0 aliphatic heterocycles. The monoisotopic (exact) mass is 326 g/mol. The number of carbonyl (C=O) groups excluding carboxylic acids is 1. The zero-order valence-electron chi connectivity index (χ0n) is 11.7. The highest BCUT2D eigenvalue weighted by Crippen LogP contribution is 2.28. The summed E-state index contributed by atoms with van der Waals surface area (Å²) < 4.78 is 1.57. The molecule has 1 amide bonds. The molecule has 0 fully saturated rings. The zero-order valence-corrected chi connectivity index (χ0v) is 13.2. The lowest BCUT2D eigenvalue weighted by Gasteiger charge is -2.15. The maximum absolute atomic E-state index is 11.3. The highest BCUT2D eigenvalue weighted by atomic mass is 35.5. The van der Waals surface area contributed by atoms with Gasteiger partial charge in [0, 0.05) is 23.3 Å². The van der Waals surface area contributed by atoms with Crippen LogP contribution in [0.1, 0.15) is 18.5 Å². The van der Waals surface area contributed by atoms with E-state index in [1.807, 2.05) is 13.0 Å². The standard InChI is InChI=1S/C14H16Cl2N4O/c1-9(12-4-3-10(15)5-13(12)16)19-11-6-18-20(7-11)8-14(21)17-2/h3-7,9,19H,8H2,1-2H3,(H,17,21). The molecule has 2 aromatic rings. The van der Waals surface area contributed by atoms with Crippen molar-refractivity contribution in [1.29, 1.82) is 0 Å². The number of benzene rings is 1. The second kappa shape index (κ2) is 6.83. The van der Waals surface area contributed by atoms with E-state index in [4.69, 9.17) is 23.2 Å². The van der Waals surface area contributed by atoms with Crippen LogP contribution in [0, 0.1) is 0 Å². The average Bonchev–Trinajstić information content (AvgIpc) is 2.85. The minimum absolute atomic E-state index is 0.00702. The van der Waals surface area contributed by atoms with Gasteiger partial charge in [-0.1, -0.05) is 29.3 Å². The van der Waals surface area contributed by atoms with Gasteiger partial charge in [0.1, 0.15) is 6.54 Å². The molecule has 5 nitrogen and oxygen atoms in total. The molecule has 0 radical (unpaired) electrons. The molecule has 1 unspecified atom stereocenters. The summed E-state index contributed by atoms with van der Waals surface area (Å²) in [5.74, 6) is -0.0987. The van der Waals surface area contributed by atoms with E-state index in [0.29, 0.717) is 10.0 Å². The molecule has 1 aromatic carbocycles. The summed E-state index contributed by atoms with van der Waals surface area (Å²) in [4.78, 5) is 11.3. The average molecular weight is 327 g/mol. The fourth-order valence-corrected chi connectivity index (χ4v) is 2.50. The molecule has 2 rings (SSSR count). The first kappa shape index (κ1) is 15.7. The molecular formula is C14H16Cl2N4O. The number of nitrogens with zero attached hydrogens (tertiary/aromatic N) is 2. The van der Waals surface area contributed by atoms with Crippen molar-refractivity contribution < 1.29 is 4.79 Å². The number of hydrogen-bond donors (Lipinski definition) is 2. The Morgan fingerprint density at radius 3 is 2.86 bits per heavy atom. The van der Waals surface area contributed by atoms with Crippen LogP contribution >= 0.6 is 23.2 Å². The summed E-state index contributed by atoms with van der Waals surface area (Å²) in [7, 11) is 1.59. The van der Waals surface area contributed by atoms with Gasteiger partial charge in [-0.2, -0.15) is 5.10 Å². The molecule has 0 saturated carbocycles. The number of rotatable bonds is 5. The smallest absolute Gasteiger partial charge is 0.241 e. The predicted octanol–water partition coefficient (Wildman–Crippen LogP) is 3.11. The van der Waals surface area contributed by atoms with Gasteiger partial charge in [0.2, 0.25) is 5.91 Å². The first-order valence-electron chi connectivity index (χ1n) is 6.44. The Labute approximate surface area is 133 Å². The molecule has 7 heteroatoms. The largest absolute Gasteiger partial charge is 0.376 e. The van der Waals surface area contributed by atoms with Crippen LogP contribution in [0.4, 0.5) is 5.69 Å². The van der Waals surface area contributed by atoms with Crippen LogP contribution in [0.2, 0.25) is 10.0 Å². The van der Waals surface area contributed by atoms with Crippen molar-refractivity contribution in [3.63, 3.8) is 0 Å².